The summed E-state index contributed by atoms with van der Waals surface area (Å²) in [6, 6.07) is 5.98. The first-order chi connectivity index (χ1) is 9.80. The summed E-state index contributed by atoms with van der Waals surface area (Å²) in [5.41, 5.74) is 7.48. The molecule has 0 unspecified atom stereocenters. The van der Waals surface area contributed by atoms with Crippen LogP contribution in [0.25, 0.3) is 20.9 Å². The van der Waals surface area contributed by atoms with Gasteiger partial charge in [0.1, 0.15) is 16.5 Å². The third-order valence-corrected chi connectivity index (χ3v) is 4.75. The fourth-order valence-corrected chi connectivity index (χ4v) is 3.75. The van der Waals surface area contributed by atoms with Gasteiger partial charge in [-0.15, -0.1) is 22.7 Å². The van der Waals surface area contributed by atoms with Gasteiger partial charge in [-0.1, -0.05) is 0 Å². The number of aromatic nitrogens is 2. The molecule has 2 N–H and O–H groups in total. The second-order valence-corrected chi connectivity index (χ2v) is 6.22. The molecule has 2 aromatic heterocycles. The topological polar surface area (TPSA) is 61.0 Å². The van der Waals surface area contributed by atoms with Crippen molar-refractivity contribution in [2.75, 3.05) is 13.2 Å². The predicted molar refractivity (Wildman–Crippen MR) is 84.7 cm³/mol. The molecular weight excluding hydrogens is 290 g/mol. The molecule has 6 heteroatoms. The maximum atomic E-state index is 5.55. The first-order valence-electron chi connectivity index (χ1n) is 6.48. The second-order valence-electron chi connectivity index (χ2n) is 4.25. The Morgan fingerprint density at radius 1 is 1.30 bits per heavy atom. The van der Waals surface area contributed by atoms with E-state index in [1.54, 1.807) is 22.7 Å². The fourth-order valence-electron chi connectivity index (χ4n) is 1.92. The van der Waals surface area contributed by atoms with Gasteiger partial charge < -0.3 is 10.5 Å². The quantitative estimate of drug-likeness (QED) is 0.785. The van der Waals surface area contributed by atoms with E-state index in [1.165, 1.54) is 0 Å². The lowest BCUT2D eigenvalue weighted by molar-refractivity contribution is 0.341. The van der Waals surface area contributed by atoms with Gasteiger partial charge in [0.25, 0.3) is 0 Å². The number of fused-ring (bicyclic) bond motifs is 1. The van der Waals surface area contributed by atoms with E-state index in [4.69, 9.17) is 10.5 Å². The zero-order valence-corrected chi connectivity index (χ0v) is 12.8. The van der Waals surface area contributed by atoms with Crippen LogP contribution in [0.5, 0.6) is 5.75 Å². The van der Waals surface area contributed by atoms with Crippen LogP contribution in [0.3, 0.4) is 0 Å². The van der Waals surface area contributed by atoms with Crippen LogP contribution < -0.4 is 10.5 Å². The number of nitrogens with two attached hydrogens (primary N) is 1. The van der Waals surface area contributed by atoms with E-state index < -0.39 is 0 Å². The van der Waals surface area contributed by atoms with Gasteiger partial charge in [0.2, 0.25) is 0 Å². The van der Waals surface area contributed by atoms with Crippen molar-refractivity contribution < 1.29 is 4.74 Å². The van der Waals surface area contributed by atoms with Gasteiger partial charge in [-0.05, 0) is 31.7 Å². The summed E-state index contributed by atoms with van der Waals surface area (Å²) in [5.74, 6) is 0.886. The maximum absolute atomic E-state index is 5.55. The number of ether oxygens (including phenoxy) is 1. The Labute approximate surface area is 125 Å². The molecule has 0 aliphatic rings. The molecular formula is C14H15N3OS2. The lowest BCUT2D eigenvalue weighted by Gasteiger charge is -2.00. The molecule has 0 spiro atoms. The smallest absolute Gasteiger partial charge is 0.143 e. The predicted octanol–water partition coefficient (Wildman–Crippen LogP) is 3.32. The summed E-state index contributed by atoms with van der Waals surface area (Å²) in [6.07, 6.45) is 0.823. The highest BCUT2D eigenvalue weighted by molar-refractivity contribution is 7.22. The molecule has 4 nitrogen and oxygen atoms in total. The zero-order valence-electron chi connectivity index (χ0n) is 11.1. The van der Waals surface area contributed by atoms with Crippen LogP contribution in [0.4, 0.5) is 0 Å². The summed E-state index contributed by atoms with van der Waals surface area (Å²) in [4.78, 5) is 9.21. The van der Waals surface area contributed by atoms with Crippen LogP contribution in [-0.2, 0) is 6.42 Å². The molecule has 0 saturated heterocycles. The summed E-state index contributed by atoms with van der Waals surface area (Å²) in [7, 11) is 0. The normalized spacial score (nSPS) is 11.1. The largest absolute Gasteiger partial charge is 0.494 e. The van der Waals surface area contributed by atoms with Gasteiger partial charge >= 0.3 is 0 Å². The van der Waals surface area contributed by atoms with Gasteiger partial charge in [0.15, 0.2) is 0 Å². The zero-order chi connectivity index (χ0) is 13.9. The molecule has 20 heavy (non-hydrogen) atoms. The molecule has 3 rings (SSSR count). The SMILES string of the molecule is CCOc1ccc2nc(-c3csc(CCN)n3)sc2c1. The van der Waals surface area contributed by atoms with Crippen LogP contribution >= 0.6 is 22.7 Å². The minimum Gasteiger partial charge on any atom is -0.494 e. The molecule has 0 atom stereocenters. The molecule has 0 bridgehead atoms. The third kappa shape index (κ3) is 2.67. The van der Waals surface area contributed by atoms with Crippen molar-refractivity contribution >= 4 is 32.9 Å². The van der Waals surface area contributed by atoms with Crippen molar-refractivity contribution in [1.82, 2.24) is 9.97 Å². The number of benzene rings is 1. The molecule has 1 aromatic carbocycles. The molecule has 0 radical (unpaired) electrons. The van der Waals surface area contributed by atoms with Crippen LogP contribution in [0.1, 0.15) is 11.9 Å². The molecule has 0 amide bonds. The molecule has 0 aliphatic heterocycles. The van der Waals surface area contributed by atoms with E-state index in [9.17, 15) is 0 Å². The Hall–Kier alpha value is -1.50. The van der Waals surface area contributed by atoms with Gasteiger partial charge in [-0.25, -0.2) is 9.97 Å². The minimum atomic E-state index is 0.629. The summed E-state index contributed by atoms with van der Waals surface area (Å²) >= 11 is 3.28. The highest BCUT2D eigenvalue weighted by Crippen LogP contribution is 2.32. The Kier molecular flexibility index (Phi) is 3.95. The number of rotatable bonds is 5. The average Bonchev–Trinajstić information content (AvgIpc) is 3.05. The maximum Gasteiger partial charge on any atom is 0.143 e. The molecule has 104 valence electrons. The van der Waals surface area contributed by atoms with Crippen LogP contribution in [0.2, 0.25) is 0 Å². The van der Waals surface area contributed by atoms with Crippen molar-refractivity contribution in [2.45, 2.75) is 13.3 Å². The monoisotopic (exact) mass is 305 g/mol. The van der Waals surface area contributed by atoms with Gasteiger partial charge in [0.05, 0.1) is 21.8 Å². The van der Waals surface area contributed by atoms with E-state index in [1.807, 2.05) is 30.5 Å². The highest BCUT2D eigenvalue weighted by atomic mass is 32.1. The van der Waals surface area contributed by atoms with E-state index >= 15 is 0 Å². The molecule has 0 fully saturated rings. The van der Waals surface area contributed by atoms with Crippen LogP contribution in [0, 0.1) is 0 Å². The highest BCUT2D eigenvalue weighted by Gasteiger charge is 2.10. The van der Waals surface area contributed by atoms with Crippen molar-refractivity contribution in [2.24, 2.45) is 5.73 Å². The Bertz CT molecular complexity index is 720. The molecule has 0 saturated carbocycles. The third-order valence-electron chi connectivity index (χ3n) is 2.80. The van der Waals surface area contributed by atoms with Crippen molar-refractivity contribution in [3.8, 4) is 16.5 Å². The van der Waals surface area contributed by atoms with E-state index in [-0.39, 0.29) is 0 Å². The van der Waals surface area contributed by atoms with E-state index in [2.05, 4.69) is 9.97 Å². The first-order valence-corrected chi connectivity index (χ1v) is 8.18. The number of nitrogens with zero attached hydrogens (tertiary/aromatic N) is 2. The van der Waals surface area contributed by atoms with Crippen molar-refractivity contribution in [3.05, 3.63) is 28.6 Å². The van der Waals surface area contributed by atoms with Gasteiger partial charge in [-0.3, -0.25) is 0 Å². The first kappa shape index (κ1) is 13.5. The van der Waals surface area contributed by atoms with Crippen LogP contribution in [0.15, 0.2) is 23.6 Å². The summed E-state index contributed by atoms with van der Waals surface area (Å²) in [5, 5.41) is 4.07. The molecule has 0 aliphatic carbocycles. The number of hydrogen-bond donors (Lipinski definition) is 1. The minimum absolute atomic E-state index is 0.629. The van der Waals surface area contributed by atoms with E-state index in [0.717, 1.165) is 38.1 Å². The fraction of sp³-hybridized carbons (Fsp3) is 0.286. The standard InChI is InChI=1S/C14H15N3OS2/c1-2-18-9-3-4-10-12(7-9)20-14(17-10)11-8-19-13(16-11)5-6-15/h3-4,7-8H,2,5-6,15H2,1H3. The lowest BCUT2D eigenvalue weighted by Crippen LogP contribution is -2.01. The van der Waals surface area contributed by atoms with Gasteiger partial charge in [-0.2, -0.15) is 0 Å². The van der Waals surface area contributed by atoms with Crippen molar-refractivity contribution in [1.29, 1.82) is 0 Å². The molecule has 2 heterocycles. The van der Waals surface area contributed by atoms with Gasteiger partial charge in [0, 0.05) is 11.8 Å². The lowest BCUT2D eigenvalue weighted by atomic mass is 10.3. The molecule has 3 aromatic rings. The Morgan fingerprint density at radius 2 is 2.20 bits per heavy atom. The summed E-state index contributed by atoms with van der Waals surface area (Å²) in [6.45, 7) is 3.28. The Morgan fingerprint density at radius 3 is 3.00 bits per heavy atom. The Balaban J connectivity index is 1.94. The second kappa shape index (κ2) is 5.87. The number of hydrogen-bond acceptors (Lipinski definition) is 6. The van der Waals surface area contributed by atoms with E-state index in [0.29, 0.717) is 13.2 Å². The van der Waals surface area contributed by atoms with Crippen LogP contribution in [-0.4, -0.2) is 23.1 Å². The van der Waals surface area contributed by atoms with Crippen molar-refractivity contribution in [3.63, 3.8) is 0 Å². The average molecular weight is 305 g/mol. The number of thiazole rings is 2. The summed E-state index contributed by atoms with van der Waals surface area (Å²) < 4.78 is 6.64.